The SMILES string of the molecule is COC(=O)c1ccc(CCCN2C(=O)C(F)(F)C[C@@H]2C=C[C@@H](O)[C@H](C)CCc2ccccc2)s1. The number of nitrogens with zero attached hydrogens (tertiary/aromatic N) is 1. The molecule has 1 amide bonds. The summed E-state index contributed by atoms with van der Waals surface area (Å²) in [5.74, 6) is -5.03. The van der Waals surface area contributed by atoms with Gasteiger partial charge in [0, 0.05) is 17.8 Å². The number of benzene rings is 1. The number of aliphatic hydroxyl groups excluding tert-OH is 1. The number of aryl methyl sites for hydroxylation is 2. The van der Waals surface area contributed by atoms with Crippen LogP contribution in [0, 0.1) is 5.92 Å². The molecule has 3 atom stereocenters. The van der Waals surface area contributed by atoms with Gasteiger partial charge < -0.3 is 14.7 Å². The third kappa shape index (κ3) is 6.73. The number of halogens is 2. The lowest BCUT2D eigenvalue weighted by atomic mass is 9.95. The summed E-state index contributed by atoms with van der Waals surface area (Å²) in [5.41, 5.74) is 1.18. The first-order valence-electron chi connectivity index (χ1n) is 11.5. The number of methoxy groups -OCH3 is 1. The van der Waals surface area contributed by atoms with Crippen LogP contribution in [0.5, 0.6) is 0 Å². The maximum atomic E-state index is 14.2. The zero-order valence-electron chi connectivity index (χ0n) is 19.5. The van der Waals surface area contributed by atoms with E-state index in [2.05, 4.69) is 0 Å². The molecule has 34 heavy (non-hydrogen) atoms. The molecule has 1 fully saturated rings. The lowest BCUT2D eigenvalue weighted by Crippen LogP contribution is -2.36. The minimum Gasteiger partial charge on any atom is -0.465 e. The van der Waals surface area contributed by atoms with E-state index in [1.807, 2.05) is 43.3 Å². The van der Waals surface area contributed by atoms with Gasteiger partial charge in [-0.3, -0.25) is 4.79 Å². The number of carbonyl (C=O) groups excluding carboxylic acids is 2. The molecule has 1 saturated heterocycles. The Balaban J connectivity index is 1.54. The van der Waals surface area contributed by atoms with Crippen LogP contribution < -0.4 is 0 Å². The Morgan fingerprint density at radius 1 is 1.26 bits per heavy atom. The van der Waals surface area contributed by atoms with Gasteiger partial charge in [-0.05, 0) is 49.3 Å². The zero-order valence-corrected chi connectivity index (χ0v) is 20.3. The molecular formula is C26H31F2NO4S. The minimum atomic E-state index is -3.40. The lowest BCUT2D eigenvalue weighted by Gasteiger charge is -2.22. The number of rotatable bonds is 11. The maximum absolute atomic E-state index is 14.2. The molecule has 3 rings (SSSR count). The number of aliphatic hydroxyl groups is 1. The van der Waals surface area contributed by atoms with Crippen molar-refractivity contribution in [2.75, 3.05) is 13.7 Å². The maximum Gasteiger partial charge on any atom is 0.348 e. The van der Waals surface area contributed by atoms with Crippen molar-refractivity contribution in [3.05, 3.63) is 69.9 Å². The van der Waals surface area contributed by atoms with Gasteiger partial charge in [-0.25, -0.2) is 4.79 Å². The average Bonchev–Trinajstić information content (AvgIpc) is 3.39. The monoisotopic (exact) mass is 491 g/mol. The van der Waals surface area contributed by atoms with Gasteiger partial charge in [0.05, 0.1) is 19.3 Å². The largest absolute Gasteiger partial charge is 0.465 e. The van der Waals surface area contributed by atoms with Crippen molar-refractivity contribution in [3.8, 4) is 0 Å². The van der Waals surface area contributed by atoms with Crippen molar-refractivity contribution in [3.63, 3.8) is 0 Å². The van der Waals surface area contributed by atoms with E-state index in [-0.39, 0.29) is 12.5 Å². The Morgan fingerprint density at radius 2 is 2.00 bits per heavy atom. The van der Waals surface area contributed by atoms with Crippen LogP contribution in [0.1, 0.15) is 46.3 Å². The summed E-state index contributed by atoms with van der Waals surface area (Å²) in [6, 6.07) is 12.7. The van der Waals surface area contributed by atoms with E-state index in [4.69, 9.17) is 4.74 Å². The van der Waals surface area contributed by atoms with Gasteiger partial charge in [-0.15, -0.1) is 11.3 Å². The van der Waals surface area contributed by atoms with Gasteiger partial charge in [0.1, 0.15) is 4.88 Å². The predicted octanol–water partition coefficient (Wildman–Crippen LogP) is 4.89. The van der Waals surface area contributed by atoms with E-state index in [9.17, 15) is 23.5 Å². The fraction of sp³-hybridized carbons (Fsp3) is 0.462. The number of carbonyl (C=O) groups is 2. The molecule has 0 unspecified atom stereocenters. The summed E-state index contributed by atoms with van der Waals surface area (Å²) in [6.45, 7) is 2.10. The van der Waals surface area contributed by atoms with Crippen LogP contribution in [-0.2, 0) is 22.4 Å². The molecule has 0 saturated carbocycles. The highest BCUT2D eigenvalue weighted by molar-refractivity contribution is 7.13. The quantitative estimate of drug-likeness (QED) is 0.359. The van der Waals surface area contributed by atoms with Crippen molar-refractivity contribution < 1.29 is 28.2 Å². The molecule has 0 aliphatic carbocycles. The van der Waals surface area contributed by atoms with Crippen LogP contribution in [0.3, 0.4) is 0 Å². The second-order valence-electron chi connectivity index (χ2n) is 8.71. The van der Waals surface area contributed by atoms with Crippen molar-refractivity contribution >= 4 is 23.2 Å². The number of hydrogen-bond acceptors (Lipinski definition) is 5. The fourth-order valence-corrected chi connectivity index (χ4v) is 5.02. The van der Waals surface area contributed by atoms with Gasteiger partial charge in [-0.2, -0.15) is 8.78 Å². The Bertz CT molecular complexity index is 992. The number of likely N-dealkylation sites (tertiary alicyclic amines) is 1. The molecule has 1 aliphatic heterocycles. The molecule has 1 aromatic carbocycles. The highest BCUT2D eigenvalue weighted by Crippen LogP contribution is 2.34. The Labute approximate surface area is 203 Å². The summed E-state index contributed by atoms with van der Waals surface area (Å²) in [4.78, 5) is 26.5. The van der Waals surface area contributed by atoms with E-state index >= 15 is 0 Å². The Kier molecular flexibility index (Phi) is 8.97. The van der Waals surface area contributed by atoms with E-state index in [0.717, 1.165) is 17.7 Å². The third-order valence-electron chi connectivity index (χ3n) is 6.15. The first-order valence-corrected chi connectivity index (χ1v) is 12.3. The highest BCUT2D eigenvalue weighted by Gasteiger charge is 2.52. The van der Waals surface area contributed by atoms with Crippen LogP contribution in [-0.4, -0.2) is 53.6 Å². The van der Waals surface area contributed by atoms with Crippen molar-refractivity contribution in [2.45, 2.75) is 57.1 Å². The van der Waals surface area contributed by atoms with E-state index < -0.39 is 36.4 Å². The second kappa shape index (κ2) is 11.7. The first kappa shape index (κ1) is 26.0. The second-order valence-corrected chi connectivity index (χ2v) is 9.88. The molecule has 8 heteroatoms. The topological polar surface area (TPSA) is 66.8 Å². The average molecular weight is 492 g/mol. The Hall–Kier alpha value is -2.58. The van der Waals surface area contributed by atoms with Gasteiger partial charge in [0.2, 0.25) is 0 Å². The normalized spacial score (nSPS) is 19.5. The molecule has 5 nitrogen and oxygen atoms in total. The summed E-state index contributed by atoms with van der Waals surface area (Å²) < 4.78 is 33.0. The van der Waals surface area contributed by atoms with Crippen LogP contribution >= 0.6 is 11.3 Å². The number of hydrogen-bond donors (Lipinski definition) is 1. The van der Waals surface area contributed by atoms with E-state index in [1.54, 1.807) is 18.2 Å². The van der Waals surface area contributed by atoms with Crippen molar-refractivity contribution in [1.82, 2.24) is 4.90 Å². The molecule has 2 heterocycles. The molecular weight excluding hydrogens is 460 g/mol. The van der Waals surface area contributed by atoms with Gasteiger partial charge in [0.15, 0.2) is 0 Å². The summed E-state index contributed by atoms with van der Waals surface area (Å²) in [5, 5.41) is 10.5. The zero-order chi connectivity index (χ0) is 24.7. The van der Waals surface area contributed by atoms with Gasteiger partial charge >= 0.3 is 11.9 Å². The number of esters is 1. The number of thiophene rings is 1. The summed E-state index contributed by atoms with van der Waals surface area (Å²) in [6.07, 6.45) is 4.35. The van der Waals surface area contributed by atoms with Crippen LogP contribution in [0.25, 0.3) is 0 Å². The van der Waals surface area contributed by atoms with Crippen molar-refractivity contribution in [1.29, 1.82) is 0 Å². The summed E-state index contributed by atoms with van der Waals surface area (Å²) in [7, 11) is 1.32. The molecule has 1 aliphatic rings. The predicted molar refractivity (Wildman–Crippen MR) is 128 cm³/mol. The molecule has 184 valence electrons. The fourth-order valence-electron chi connectivity index (χ4n) is 4.05. The lowest BCUT2D eigenvalue weighted by molar-refractivity contribution is -0.148. The molecule has 1 aromatic heterocycles. The van der Waals surface area contributed by atoms with Crippen molar-refractivity contribution in [2.24, 2.45) is 5.92 Å². The minimum absolute atomic E-state index is 0.0506. The number of amides is 1. The van der Waals surface area contributed by atoms with Crippen LogP contribution in [0.4, 0.5) is 8.78 Å². The number of ether oxygens (including phenoxy) is 1. The first-order chi connectivity index (χ1) is 16.2. The molecule has 0 radical (unpaired) electrons. The molecule has 1 N–H and O–H groups in total. The third-order valence-corrected chi connectivity index (χ3v) is 7.28. The molecule has 0 bridgehead atoms. The van der Waals surface area contributed by atoms with Crippen LogP contribution in [0.2, 0.25) is 0 Å². The molecule has 2 aromatic rings. The standard InChI is InChI=1S/C26H31F2NO4S/c1-18(10-11-19-7-4-3-5-8-19)22(30)14-12-20-17-26(27,28)25(32)29(20)16-6-9-21-13-15-23(34-21)24(31)33-2/h3-5,7-8,12-15,18,20,22,30H,6,9-11,16-17H2,1-2H3/t18-,20+,22-/m1/s1. The van der Waals surface area contributed by atoms with Gasteiger partial charge in [0.25, 0.3) is 5.91 Å². The van der Waals surface area contributed by atoms with E-state index in [1.165, 1.54) is 28.9 Å². The number of alkyl halides is 2. The van der Waals surface area contributed by atoms with E-state index in [0.29, 0.717) is 17.7 Å². The summed E-state index contributed by atoms with van der Waals surface area (Å²) >= 11 is 1.30. The van der Waals surface area contributed by atoms with Gasteiger partial charge in [-0.1, -0.05) is 49.4 Å². The van der Waals surface area contributed by atoms with Crippen LogP contribution in [0.15, 0.2) is 54.6 Å². The molecule has 0 spiro atoms. The Morgan fingerprint density at radius 3 is 2.71 bits per heavy atom. The highest BCUT2D eigenvalue weighted by atomic mass is 32.1. The smallest absolute Gasteiger partial charge is 0.348 e.